The highest BCUT2D eigenvalue weighted by Gasteiger charge is 2.42. The SMILES string of the molecule is COc1ccc(Cn2nnnc2S[C@H](C)C(=O)N[C@@H](C)[C@@H]2C[C@H]3CC[C@H]2C3)cc1. The van der Waals surface area contributed by atoms with Crippen molar-refractivity contribution in [2.45, 2.75) is 62.5 Å². The van der Waals surface area contributed by atoms with Crippen molar-refractivity contribution < 1.29 is 9.53 Å². The number of carbonyl (C=O) groups is 1. The minimum Gasteiger partial charge on any atom is -0.497 e. The van der Waals surface area contributed by atoms with Crippen molar-refractivity contribution in [3.8, 4) is 5.75 Å². The first-order valence-electron chi connectivity index (χ1n) is 10.4. The van der Waals surface area contributed by atoms with E-state index in [0.717, 1.165) is 23.1 Å². The van der Waals surface area contributed by atoms with Gasteiger partial charge in [0.1, 0.15) is 5.75 Å². The number of methoxy groups -OCH3 is 1. The molecular formula is C21H29N5O2S. The largest absolute Gasteiger partial charge is 0.497 e. The van der Waals surface area contributed by atoms with Gasteiger partial charge in [0.15, 0.2) is 0 Å². The molecule has 2 saturated carbocycles. The summed E-state index contributed by atoms with van der Waals surface area (Å²) in [6.07, 6.45) is 5.34. The number of benzene rings is 1. The number of fused-ring (bicyclic) bond motifs is 2. The van der Waals surface area contributed by atoms with E-state index in [4.69, 9.17) is 4.74 Å². The van der Waals surface area contributed by atoms with Gasteiger partial charge in [0.25, 0.3) is 0 Å². The Labute approximate surface area is 176 Å². The van der Waals surface area contributed by atoms with E-state index in [1.165, 1.54) is 37.4 Å². The molecule has 2 fully saturated rings. The van der Waals surface area contributed by atoms with Gasteiger partial charge < -0.3 is 10.1 Å². The highest BCUT2D eigenvalue weighted by Crippen LogP contribution is 2.49. The molecule has 8 heteroatoms. The van der Waals surface area contributed by atoms with Gasteiger partial charge in [-0.15, -0.1) is 5.10 Å². The molecule has 0 spiro atoms. The first-order valence-corrected chi connectivity index (χ1v) is 11.3. The molecule has 2 aromatic rings. The van der Waals surface area contributed by atoms with Crippen molar-refractivity contribution in [1.82, 2.24) is 25.5 Å². The highest BCUT2D eigenvalue weighted by molar-refractivity contribution is 8.00. The van der Waals surface area contributed by atoms with Gasteiger partial charge in [0.2, 0.25) is 11.1 Å². The van der Waals surface area contributed by atoms with Gasteiger partial charge in [-0.25, -0.2) is 4.68 Å². The summed E-state index contributed by atoms with van der Waals surface area (Å²) in [6, 6.07) is 8.04. The number of tetrazole rings is 1. The van der Waals surface area contributed by atoms with Crippen molar-refractivity contribution in [2.75, 3.05) is 7.11 Å². The van der Waals surface area contributed by atoms with Gasteiger partial charge >= 0.3 is 0 Å². The lowest BCUT2D eigenvalue weighted by atomic mass is 9.84. The zero-order valence-corrected chi connectivity index (χ0v) is 18.1. The molecule has 0 radical (unpaired) electrons. The van der Waals surface area contributed by atoms with Gasteiger partial charge in [-0.3, -0.25) is 4.79 Å². The average Bonchev–Trinajstić information content (AvgIpc) is 3.46. The number of aromatic nitrogens is 4. The van der Waals surface area contributed by atoms with Gasteiger partial charge in [-0.1, -0.05) is 30.3 Å². The van der Waals surface area contributed by atoms with Crippen LogP contribution in [0, 0.1) is 17.8 Å². The number of rotatable bonds is 8. The second-order valence-corrected chi connectivity index (χ2v) is 9.67. The van der Waals surface area contributed by atoms with Gasteiger partial charge in [-0.2, -0.15) is 0 Å². The molecule has 7 nitrogen and oxygen atoms in total. The minimum atomic E-state index is -0.253. The molecule has 0 saturated heterocycles. The van der Waals surface area contributed by atoms with Gasteiger partial charge in [-0.05, 0) is 79.0 Å². The Morgan fingerprint density at radius 3 is 2.72 bits per heavy atom. The molecule has 1 N–H and O–H groups in total. The normalized spacial score (nSPS) is 25.0. The first kappa shape index (κ1) is 20.2. The van der Waals surface area contributed by atoms with Crippen molar-refractivity contribution in [2.24, 2.45) is 17.8 Å². The molecule has 2 aliphatic rings. The Morgan fingerprint density at radius 2 is 2.07 bits per heavy atom. The van der Waals surface area contributed by atoms with E-state index in [9.17, 15) is 4.79 Å². The summed E-state index contributed by atoms with van der Waals surface area (Å²) in [7, 11) is 1.65. The Balaban J connectivity index is 1.32. The smallest absolute Gasteiger partial charge is 0.233 e. The molecular weight excluding hydrogens is 386 g/mol. The van der Waals surface area contributed by atoms with Gasteiger partial charge in [0, 0.05) is 6.04 Å². The van der Waals surface area contributed by atoms with E-state index in [1.54, 1.807) is 11.8 Å². The number of ether oxygens (including phenoxy) is 1. The Kier molecular flexibility index (Phi) is 6.08. The van der Waals surface area contributed by atoms with E-state index in [1.807, 2.05) is 31.2 Å². The molecule has 2 bridgehead atoms. The molecule has 4 rings (SSSR count). The summed E-state index contributed by atoms with van der Waals surface area (Å²) in [5.41, 5.74) is 1.07. The van der Waals surface area contributed by atoms with Crippen LogP contribution >= 0.6 is 11.8 Å². The van der Waals surface area contributed by atoms with Crippen molar-refractivity contribution in [1.29, 1.82) is 0 Å². The second kappa shape index (κ2) is 8.73. The van der Waals surface area contributed by atoms with Crippen LogP contribution in [0.1, 0.15) is 45.1 Å². The second-order valence-electron chi connectivity index (χ2n) is 8.36. The van der Waals surface area contributed by atoms with Crippen LogP contribution in [-0.2, 0) is 11.3 Å². The fourth-order valence-electron chi connectivity index (χ4n) is 4.85. The molecule has 0 unspecified atom stereocenters. The molecule has 1 aromatic heterocycles. The van der Waals surface area contributed by atoms with Crippen LogP contribution in [0.25, 0.3) is 0 Å². The Morgan fingerprint density at radius 1 is 1.28 bits per heavy atom. The average molecular weight is 416 g/mol. The van der Waals surface area contributed by atoms with Crippen molar-refractivity contribution >= 4 is 17.7 Å². The number of amides is 1. The lowest BCUT2D eigenvalue weighted by Gasteiger charge is -2.29. The van der Waals surface area contributed by atoms with Crippen molar-refractivity contribution in [3.05, 3.63) is 29.8 Å². The van der Waals surface area contributed by atoms with Crippen LogP contribution in [0.4, 0.5) is 0 Å². The summed E-state index contributed by atoms with van der Waals surface area (Å²) in [5.74, 6) is 3.20. The number of thioether (sulfide) groups is 1. The predicted molar refractivity (Wildman–Crippen MR) is 112 cm³/mol. The standard InChI is InChI=1S/C21H29N5O2S/c1-13(19-11-16-4-7-17(19)10-16)22-20(27)14(2)29-21-23-24-25-26(21)12-15-5-8-18(28-3)9-6-15/h5-6,8-9,13-14,16-17,19H,4,7,10-12H2,1-3H3,(H,22,27)/t13-,14+,16-,17-,19-/m0/s1. The lowest BCUT2D eigenvalue weighted by molar-refractivity contribution is -0.121. The fraction of sp³-hybridized carbons (Fsp3) is 0.619. The predicted octanol–water partition coefficient (Wildman–Crippen LogP) is 3.15. The summed E-state index contributed by atoms with van der Waals surface area (Å²) in [5, 5.41) is 15.6. The van der Waals surface area contributed by atoms with Crippen LogP contribution in [0.5, 0.6) is 5.75 Å². The number of carbonyl (C=O) groups excluding carboxylic acids is 1. The summed E-state index contributed by atoms with van der Waals surface area (Å²) in [4.78, 5) is 12.8. The van der Waals surface area contributed by atoms with E-state index in [-0.39, 0.29) is 17.2 Å². The molecule has 1 amide bonds. The van der Waals surface area contributed by atoms with E-state index < -0.39 is 0 Å². The molecule has 29 heavy (non-hydrogen) atoms. The number of nitrogens with one attached hydrogen (secondary N) is 1. The fourth-order valence-corrected chi connectivity index (χ4v) is 5.65. The van der Waals surface area contributed by atoms with E-state index in [2.05, 4.69) is 27.8 Å². The first-order chi connectivity index (χ1) is 14.0. The zero-order valence-electron chi connectivity index (χ0n) is 17.2. The number of hydrogen-bond donors (Lipinski definition) is 1. The van der Waals surface area contributed by atoms with E-state index in [0.29, 0.717) is 17.6 Å². The van der Waals surface area contributed by atoms with Gasteiger partial charge in [0.05, 0.1) is 18.9 Å². The molecule has 2 aliphatic carbocycles. The molecule has 5 atom stereocenters. The molecule has 1 heterocycles. The monoisotopic (exact) mass is 415 g/mol. The van der Waals surface area contributed by atoms with E-state index >= 15 is 0 Å². The zero-order chi connectivity index (χ0) is 20.4. The number of hydrogen-bond acceptors (Lipinski definition) is 6. The highest BCUT2D eigenvalue weighted by atomic mass is 32.2. The van der Waals surface area contributed by atoms with Crippen LogP contribution < -0.4 is 10.1 Å². The Bertz CT molecular complexity index is 840. The summed E-state index contributed by atoms with van der Waals surface area (Å²) in [6.45, 7) is 4.63. The van der Waals surface area contributed by atoms with Crippen LogP contribution in [0.2, 0.25) is 0 Å². The van der Waals surface area contributed by atoms with Crippen molar-refractivity contribution in [3.63, 3.8) is 0 Å². The van der Waals surface area contributed by atoms with Crippen LogP contribution in [0.15, 0.2) is 29.4 Å². The maximum Gasteiger partial charge on any atom is 0.233 e. The minimum absolute atomic E-state index is 0.0595. The maximum atomic E-state index is 12.8. The third kappa shape index (κ3) is 4.57. The Hall–Kier alpha value is -2.09. The molecule has 0 aliphatic heterocycles. The van der Waals surface area contributed by atoms with Crippen LogP contribution in [0.3, 0.4) is 0 Å². The molecule has 1 aromatic carbocycles. The topological polar surface area (TPSA) is 81.9 Å². The third-order valence-corrected chi connectivity index (χ3v) is 7.52. The third-order valence-electron chi connectivity index (χ3n) is 6.45. The summed E-state index contributed by atoms with van der Waals surface area (Å²) >= 11 is 1.40. The summed E-state index contributed by atoms with van der Waals surface area (Å²) < 4.78 is 6.93. The quantitative estimate of drug-likeness (QED) is 0.667. The maximum absolute atomic E-state index is 12.8. The van der Waals surface area contributed by atoms with Crippen LogP contribution in [-0.4, -0.2) is 44.5 Å². The molecule has 156 valence electrons. The number of nitrogens with zero attached hydrogens (tertiary/aromatic N) is 4. The lowest BCUT2D eigenvalue weighted by Crippen LogP contribution is -2.43.